The second kappa shape index (κ2) is 12.9. The Bertz CT molecular complexity index is 1050. The molecule has 1 heterocycles. The van der Waals surface area contributed by atoms with Crippen LogP contribution in [-0.2, 0) is 20.9 Å². The Morgan fingerprint density at radius 3 is 2.05 bits per heavy atom. The molecule has 1 N–H and O–H groups in total. The van der Waals surface area contributed by atoms with Gasteiger partial charge in [-0.15, -0.1) is 0 Å². The summed E-state index contributed by atoms with van der Waals surface area (Å²) in [5, 5.41) is 9.63. The van der Waals surface area contributed by atoms with Crippen molar-refractivity contribution >= 4 is 11.9 Å². The molecule has 230 valence electrons. The zero-order valence-electron chi connectivity index (χ0n) is 27.0. The quantitative estimate of drug-likeness (QED) is 0.212. The highest BCUT2D eigenvalue weighted by molar-refractivity contribution is 5.74. The first-order valence-electron chi connectivity index (χ1n) is 15.3. The molecule has 7 nitrogen and oxygen atoms in total. The Morgan fingerprint density at radius 2 is 1.57 bits per heavy atom. The van der Waals surface area contributed by atoms with Crippen LogP contribution in [0.1, 0.15) is 144 Å². The summed E-state index contributed by atoms with van der Waals surface area (Å²) in [6.45, 7) is 21.6. The smallest absolute Gasteiger partial charge is 0.481 e. The summed E-state index contributed by atoms with van der Waals surface area (Å²) >= 11 is 0. The minimum atomic E-state index is -0.786. The Kier molecular flexibility index (Phi) is 11.0. The fourth-order valence-corrected chi connectivity index (χ4v) is 6.68. The number of carboxylic acid groups (broad SMARTS) is 1. The lowest BCUT2D eigenvalue weighted by atomic mass is 9.57. The zero-order chi connectivity index (χ0) is 30.6. The molecule has 0 aromatic carbocycles. The summed E-state index contributed by atoms with van der Waals surface area (Å²) in [4.78, 5) is 36.0. The molecule has 0 saturated heterocycles. The molecule has 1 fully saturated rings. The molecule has 1 aromatic rings. The van der Waals surface area contributed by atoms with Gasteiger partial charge >= 0.3 is 17.8 Å². The summed E-state index contributed by atoms with van der Waals surface area (Å²) in [5.74, 6) is -1.38. The van der Waals surface area contributed by atoms with E-state index in [0.717, 1.165) is 64.2 Å². The van der Waals surface area contributed by atoms with Crippen LogP contribution >= 0.6 is 0 Å². The van der Waals surface area contributed by atoms with E-state index in [4.69, 9.17) is 13.6 Å². The molecule has 2 rings (SSSR count). The van der Waals surface area contributed by atoms with Crippen LogP contribution in [0.5, 0.6) is 0 Å². The van der Waals surface area contributed by atoms with Gasteiger partial charge in [0.25, 0.3) is 0 Å². The second-order valence-corrected chi connectivity index (χ2v) is 14.8. The molecule has 1 aromatic heterocycles. The zero-order valence-corrected chi connectivity index (χ0v) is 27.0. The van der Waals surface area contributed by atoms with Crippen molar-refractivity contribution in [2.45, 2.75) is 146 Å². The van der Waals surface area contributed by atoms with Crippen molar-refractivity contribution < 1.29 is 28.3 Å². The van der Waals surface area contributed by atoms with Crippen LogP contribution in [0.3, 0.4) is 0 Å². The van der Waals surface area contributed by atoms with Crippen LogP contribution in [0.2, 0.25) is 0 Å². The molecule has 0 bridgehead atoms. The van der Waals surface area contributed by atoms with E-state index in [1.54, 1.807) is 6.92 Å². The fourth-order valence-electron chi connectivity index (χ4n) is 6.68. The lowest BCUT2D eigenvalue weighted by molar-refractivity contribution is -0.155. The third-order valence-corrected chi connectivity index (χ3v) is 11.2. The molecule has 40 heavy (non-hydrogen) atoms. The Morgan fingerprint density at radius 1 is 0.975 bits per heavy atom. The molecule has 0 radical (unpaired) electrons. The predicted molar refractivity (Wildman–Crippen MR) is 157 cm³/mol. The van der Waals surface area contributed by atoms with Gasteiger partial charge in [-0.05, 0) is 93.3 Å². The van der Waals surface area contributed by atoms with Crippen molar-refractivity contribution in [1.82, 2.24) is 0 Å². The number of esters is 1. The summed E-state index contributed by atoms with van der Waals surface area (Å²) in [6, 6.07) is 0. The van der Waals surface area contributed by atoms with Crippen molar-refractivity contribution in [1.29, 1.82) is 0 Å². The van der Waals surface area contributed by atoms with Gasteiger partial charge in [0.1, 0.15) is 0 Å². The number of carbonyl (C=O) groups excluding carboxylic acids is 1. The van der Waals surface area contributed by atoms with Gasteiger partial charge in [-0.2, -0.15) is 0 Å². The van der Waals surface area contributed by atoms with E-state index >= 15 is 0 Å². The van der Waals surface area contributed by atoms with Crippen molar-refractivity contribution in [2.24, 2.45) is 33.0 Å². The average molecular weight is 565 g/mol. The Balaban J connectivity index is 1.95. The van der Waals surface area contributed by atoms with Gasteiger partial charge in [-0.25, -0.2) is 4.79 Å². The molecule has 1 aliphatic carbocycles. The first kappa shape index (κ1) is 34.2. The highest BCUT2D eigenvalue weighted by atomic mass is 16.6. The molecule has 0 amide bonds. The first-order valence-corrected chi connectivity index (χ1v) is 15.3. The normalized spacial score (nSPS) is 24.4. The molecular formula is C33H56O7. The number of aryl methyl sites for hydroxylation is 1. The lowest BCUT2D eigenvalue weighted by Gasteiger charge is -2.48. The van der Waals surface area contributed by atoms with Crippen LogP contribution in [0.25, 0.3) is 0 Å². The van der Waals surface area contributed by atoms with Gasteiger partial charge in [0.15, 0.2) is 18.1 Å². The van der Waals surface area contributed by atoms with E-state index < -0.39 is 17.2 Å². The van der Waals surface area contributed by atoms with Crippen molar-refractivity contribution in [3.8, 4) is 0 Å². The van der Waals surface area contributed by atoms with E-state index in [9.17, 15) is 19.5 Å². The van der Waals surface area contributed by atoms with Gasteiger partial charge in [-0.3, -0.25) is 9.59 Å². The number of carboxylic acids is 1. The minimum absolute atomic E-state index is 0.0979. The molecular weight excluding hydrogens is 508 g/mol. The average Bonchev–Trinajstić information content (AvgIpc) is 3.19. The Hall–Kier alpha value is -2.05. The maximum atomic E-state index is 13.0. The van der Waals surface area contributed by atoms with Gasteiger partial charge in [0.05, 0.1) is 11.3 Å². The van der Waals surface area contributed by atoms with Gasteiger partial charge in [0.2, 0.25) is 0 Å². The SMILES string of the molecule is CC[C@H](C(=O)OCc1oc(=O)oc1C)C(C)(C)CCCC(C)(C)[C@@](C)(CC)CCC1(C)CCC(C)(C(=O)O)CC1. The maximum Gasteiger partial charge on any atom is 0.519 e. The van der Waals surface area contributed by atoms with Crippen molar-refractivity contribution in [2.75, 3.05) is 0 Å². The monoisotopic (exact) mass is 564 g/mol. The summed E-state index contributed by atoms with van der Waals surface area (Å²) in [5.41, 5.74) is -0.310. The topological polar surface area (TPSA) is 107 Å². The molecule has 0 unspecified atom stereocenters. The minimum Gasteiger partial charge on any atom is -0.481 e. The van der Waals surface area contributed by atoms with Gasteiger partial charge in [-0.1, -0.05) is 68.2 Å². The highest BCUT2D eigenvalue weighted by Gasteiger charge is 2.45. The van der Waals surface area contributed by atoms with E-state index in [1.807, 2.05) is 13.8 Å². The second-order valence-electron chi connectivity index (χ2n) is 14.8. The molecule has 1 saturated carbocycles. The van der Waals surface area contributed by atoms with Crippen LogP contribution < -0.4 is 5.82 Å². The Labute approximate surface area is 241 Å². The van der Waals surface area contributed by atoms with E-state index in [0.29, 0.717) is 12.2 Å². The van der Waals surface area contributed by atoms with Gasteiger partial charge in [0, 0.05) is 0 Å². The number of hydrogen-bond acceptors (Lipinski definition) is 6. The van der Waals surface area contributed by atoms with Crippen molar-refractivity contribution in [3.05, 3.63) is 22.1 Å². The largest absolute Gasteiger partial charge is 0.519 e. The third kappa shape index (κ3) is 8.03. The molecule has 0 spiro atoms. The highest BCUT2D eigenvalue weighted by Crippen LogP contribution is 2.54. The van der Waals surface area contributed by atoms with Gasteiger partial charge < -0.3 is 18.7 Å². The molecule has 0 aliphatic heterocycles. The third-order valence-electron chi connectivity index (χ3n) is 11.2. The molecule has 2 atom stereocenters. The molecule has 1 aliphatic rings. The number of carbonyl (C=O) groups is 2. The molecule has 7 heteroatoms. The predicted octanol–water partition coefficient (Wildman–Crippen LogP) is 8.70. The first-order chi connectivity index (χ1) is 18.3. The van der Waals surface area contributed by atoms with E-state index in [2.05, 4.69) is 48.5 Å². The van der Waals surface area contributed by atoms with Crippen LogP contribution in [-0.4, -0.2) is 17.0 Å². The number of aliphatic carboxylic acids is 1. The fraction of sp³-hybridized carbons (Fsp3) is 0.848. The van der Waals surface area contributed by atoms with Crippen molar-refractivity contribution in [3.63, 3.8) is 0 Å². The standard InChI is InChI=1S/C33H56O7/c1-11-24(26(34)38-22-25-23(3)39-28(37)40-25)29(4,5)14-13-15-30(6,7)33(10,12-2)21-18-31(8)16-19-32(9,20-17-31)27(35)36/h24H,11-22H2,1-10H3,(H,35,36)/t24-,31?,32?,33+/m1/s1. The van der Waals surface area contributed by atoms with Crippen LogP contribution in [0.4, 0.5) is 0 Å². The van der Waals surface area contributed by atoms with Crippen LogP contribution in [0.15, 0.2) is 13.6 Å². The summed E-state index contributed by atoms with van der Waals surface area (Å²) < 4.78 is 15.4. The number of ether oxygens (including phenoxy) is 1. The number of rotatable bonds is 15. The number of hydrogen-bond donors (Lipinski definition) is 1. The van der Waals surface area contributed by atoms with E-state index in [-0.39, 0.29) is 45.9 Å². The maximum absolute atomic E-state index is 13.0. The van der Waals surface area contributed by atoms with E-state index in [1.165, 1.54) is 0 Å². The summed E-state index contributed by atoms with van der Waals surface area (Å²) in [7, 11) is 0. The summed E-state index contributed by atoms with van der Waals surface area (Å²) in [6.07, 6.45) is 10.5. The van der Waals surface area contributed by atoms with Crippen LogP contribution in [0, 0.1) is 39.9 Å². The lowest BCUT2D eigenvalue weighted by Crippen LogP contribution is -2.39.